The molecule has 3 aliphatic heterocycles. The summed E-state index contributed by atoms with van der Waals surface area (Å²) >= 11 is 0. The van der Waals surface area contributed by atoms with E-state index in [0.717, 1.165) is 49.2 Å². The third-order valence-corrected chi connectivity index (χ3v) is 6.35. The molecule has 0 amide bonds. The second-order valence-corrected chi connectivity index (χ2v) is 7.08. The van der Waals surface area contributed by atoms with Crippen molar-refractivity contribution in [3.05, 3.63) is 52.7 Å². The zero-order chi connectivity index (χ0) is 15.6. The van der Waals surface area contributed by atoms with Crippen LogP contribution >= 0.6 is 0 Å². The van der Waals surface area contributed by atoms with E-state index in [1.54, 1.807) is 0 Å². The van der Waals surface area contributed by atoms with Crippen molar-refractivity contribution >= 4 is 12.0 Å². The highest BCUT2D eigenvalue weighted by Crippen LogP contribution is 2.60. The number of anilines is 1. The highest BCUT2D eigenvalue weighted by Gasteiger charge is 2.60. The Morgan fingerprint density at radius 2 is 2.26 bits per heavy atom. The summed E-state index contributed by atoms with van der Waals surface area (Å²) in [5.41, 5.74) is 5.71. The number of piperidine rings is 1. The molecule has 4 nitrogen and oxygen atoms in total. The second-order valence-electron chi connectivity index (χ2n) is 7.08. The van der Waals surface area contributed by atoms with E-state index in [0.29, 0.717) is 6.04 Å². The molecular formula is C19H20N2O2. The number of carbonyl (C=O) groups is 1. The smallest absolute Gasteiger partial charge is 0.148 e. The van der Waals surface area contributed by atoms with E-state index in [2.05, 4.69) is 34.5 Å². The molecule has 3 atom stereocenters. The van der Waals surface area contributed by atoms with Crippen molar-refractivity contribution in [2.75, 3.05) is 25.0 Å². The van der Waals surface area contributed by atoms with E-state index in [9.17, 15) is 9.90 Å². The standard InChI is InChI=1S/C19H20N2O2/c22-8-5-12-10-21-7-6-19-15-3-1-2-4-16(15)20-18(19)14(11-23)13(12)9-17(19)21/h1-5,11,13,17,20,22H,6-10H2/b12-5-/t13-,17-,19?/m0/s1. The molecule has 0 radical (unpaired) electrons. The van der Waals surface area contributed by atoms with Gasteiger partial charge in [-0.05, 0) is 24.5 Å². The predicted octanol–water partition coefficient (Wildman–Crippen LogP) is 1.83. The van der Waals surface area contributed by atoms with Gasteiger partial charge in [0, 0.05) is 42.0 Å². The number of rotatable bonds is 2. The van der Waals surface area contributed by atoms with Gasteiger partial charge in [-0.1, -0.05) is 29.8 Å². The Morgan fingerprint density at radius 3 is 3.09 bits per heavy atom. The van der Waals surface area contributed by atoms with E-state index >= 15 is 0 Å². The van der Waals surface area contributed by atoms with E-state index in [-0.39, 0.29) is 17.9 Å². The fourth-order valence-electron chi connectivity index (χ4n) is 5.48. The first kappa shape index (κ1) is 13.5. The summed E-state index contributed by atoms with van der Waals surface area (Å²) in [6.45, 7) is 1.97. The molecule has 1 aliphatic carbocycles. The van der Waals surface area contributed by atoms with Gasteiger partial charge in [0.15, 0.2) is 0 Å². The molecule has 4 aliphatic rings. The van der Waals surface area contributed by atoms with Crippen LogP contribution in [0.4, 0.5) is 5.69 Å². The molecular weight excluding hydrogens is 288 g/mol. The van der Waals surface area contributed by atoms with Gasteiger partial charge in [-0.2, -0.15) is 0 Å². The molecule has 0 aromatic heterocycles. The number of allylic oxidation sites excluding steroid dienone is 1. The predicted molar refractivity (Wildman–Crippen MR) is 88.1 cm³/mol. The quantitative estimate of drug-likeness (QED) is 0.646. The fourth-order valence-corrected chi connectivity index (χ4v) is 5.48. The third kappa shape index (κ3) is 1.51. The van der Waals surface area contributed by atoms with Gasteiger partial charge in [0.2, 0.25) is 0 Å². The molecule has 3 heterocycles. The van der Waals surface area contributed by atoms with E-state index in [1.165, 1.54) is 11.1 Å². The number of aldehydes is 1. The van der Waals surface area contributed by atoms with Crippen LogP contribution in [0.15, 0.2) is 47.2 Å². The molecule has 2 fully saturated rings. The van der Waals surface area contributed by atoms with Gasteiger partial charge in [-0.3, -0.25) is 9.69 Å². The number of fused-ring (bicyclic) bond motifs is 2. The van der Waals surface area contributed by atoms with Crippen LogP contribution in [0.2, 0.25) is 0 Å². The van der Waals surface area contributed by atoms with E-state index in [1.807, 2.05) is 6.08 Å². The monoisotopic (exact) mass is 308 g/mol. The minimum atomic E-state index is -0.0336. The lowest BCUT2D eigenvalue weighted by atomic mass is 9.62. The molecule has 1 aromatic rings. The van der Waals surface area contributed by atoms with Crippen LogP contribution < -0.4 is 5.32 Å². The molecule has 1 unspecified atom stereocenters. The first-order valence-corrected chi connectivity index (χ1v) is 8.40. The Balaban J connectivity index is 1.78. The number of carbonyl (C=O) groups excluding carboxylic acids is 1. The molecule has 2 bridgehead atoms. The minimum absolute atomic E-state index is 0.0336. The Hall–Kier alpha value is -1.91. The first-order chi connectivity index (χ1) is 11.3. The van der Waals surface area contributed by atoms with Gasteiger partial charge in [-0.15, -0.1) is 0 Å². The van der Waals surface area contributed by atoms with E-state index in [4.69, 9.17) is 0 Å². The van der Waals surface area contributed by atoms with Crippen LogP contribution in [0.3, 0.4) is 0 Å². The lowest BCUT2D eigenvalue weighted by Crippen LogP contribution is -2.52. The SMILES string of the molecule is O=CC1=C2Nc3ccccc3C23CCN2C/C(=C/CO)[C@@H]1C[C@H]23. The van der Waals surface area contributed by atoms with Crippen molar-refractivity contribution in [3.8, 4) is 0 Å². The lowest BCUT2D eigenvalue weighted by Gasteiger charge is -2.48. The number of hydrogen-bond donors (Lipinski definition) is 2. The van der Waals surface area contributed by atoms with Gasteiger partial charge < -0.3 is 10.4 Å². The summed E-state index contributed by atoms with van der Waals surface area (Å²) in [6, 6.07) is 8.96. The van der Waals surface area contributed by atoms with Gasteiger partial charge in [0.1, 0.15) is 6.29 Å². The number of nitrogens with one attached hydrogen (secondary N) is 1. The van der Waals surface area contributed by atoms with Gasteiger partial charge >= 0.3 is 0 Å². The Kier molecular flexibility index (Phi) is 2.68. The van der Waals surface area contributed by atoms with Crippen molar-refractivity contribution in [1.29, 1.82) is 0 Å². The van der Waals surface area contributed by atoms with E-state index < -0.39 is 0 Å². The Bertz CT molecular complexity index is 766. The number of para-hydroxylation sites is 1. The van der Waals surface area contributed by atoms with Gasteiger partial charge in [0.25, 0.3) is 0 Å². The molecule has 1 spiro atoms. The number of benzene rings is 1. The molecule has 2 N–H and O–H groups in total. The first-order valence-electron chi connectivity index (χ1n) is 8.40. The highest BCUT2D eigenvalue weighted by atomic mass is 16.2. The maximum absolute atomic E-state index is 12.0. The van der Waals surface area contributed by atoms with Crippen molar-refractivity contribution < 1.29 is 9.90 Å². The molecule has 2 saturated heterocycles. The topological polar surface area (TPSA) is 52.6 Å². The molecule has 0 saturated carbocycles. The molecule has 5 rings (SSSR count). The maximum atomic E-state index is 12.0. The number of aliphatic hydroxyl groups excluding tert-OH is 1. The van der Waals surface area contributed by atoms with Gasteiger partial charge in [0.05, 0.1) is 12.0 Å². The largest absolute Gasteiger partial charge is 0.392 e. The van der Waals surface area contributed by atoms with Crippen LogP contribution in [0.25, 0.3) is 0 Å². The van der Waals surface area contributed by atoms with Crippen molar-refractivity contribution in [1.82, 2.24) is 4.90 Å². The fraction of sp³-hybridized carbons (Fsp3) is 0.421. The summed E-state index contributed by atoms with van der Waals surface area (Å²) in [6.07, 6.45) is 5.00. The van der Waals surface area contributed by atoms with Crippen molar-refractivity contribution in [3.63, 3.8) is 0 Å². The van der Waals surface area contributed by atoms with Crippen LogP contribution in [0.5, 0.6) is 0 Å². The maximum Gasteiger partial charge on any atom is 0.148 e. The normalized spacial score (nSPS) is 36.0. The summed E-state index contributed by atoms with van der Waals surface area (Å²) in [5, 5.41) is 12.9. The molecule has 1 aromatic carbocycles. The Labute approximate surface area is 135 Å². The summed E-state index contributed by atoms with van der Waals surface area (Å²) < 4.78 is 0. The summed E-state index contributed by atoms with van der Waals surface area (Å²) in [4.78, 5) is 14.5. The van der Waals surface area contributed by atoms with Crippen LogP contribution in [0.1, 0.15) is 18.4 Å². The zero-order valence-corrected chi connectivity index (χ0v) is 13.0. The van der Waals surface area contributed by atoms with Crippen molar-refractivity contribution in [2.45, 2.75) is 24.3 Å². The number of hydrogen-bond acceptors (Lipinski definition) is 4. The lowest BCUT2D eigenvalue weighted by molar-refractivity contribution is -0.105. The second kappa shape index (κ2) is 4.56. The average Bonchev–Trinajstić information content (AvgIpc) is 3.12. The van der Waals surface area contributed by atoms with Gasteiger partial charge in [-0.25, -0.2) is 0 Å². The van der Waals surface area contributed by atoms with Crippen LogP contribution in [-0.4, -0.2) is 42.0 Å². The number of aliphatic hydroxyl groups is 1. The molecule has 118 valence electrons. The van der Waals surface area contributed by atoms with Crippen molar-refractivity contribution in [2.24, 2.45) is 5.92 Å². The number of nitrogens with zero attached hydrogens (tertiary/aromatic N) is 1. The van der Waals surface area contributed by atoms with Crippen LogP contribution in [0, 0.1) is 5.92 Å². The summed E-state index contributed by atoms with van der Waals surface area (Å²) in [5.74, 6) is 0.156. The summed E-state index contributed by atoms with van der Waals surface area (Å²) in [7, 11) is 0. The highest BCUT2D eigenvalue weighted by molar-refractivity contribution is 5.84. The molecule has 23 heavy (non-hydrogen) atoms. The minimum Gasteiger partial charge on any atom is -0.392 e. The third-order valence-electron chi connectivity index (χ3n) is 6.35. The molecule has 4 heteroatoms. The van der Waals surface area contributed by atoms with Crippen LogP contribution in [-0.2, 0) is 10.2 Å². The Morgan fingerprint density at radius 1 is 1.39 bits per heavy atom. The zero-order valence-electron chi connectivity index (χ0n) is 13.0. The average molecular weight is 308 g/mol.